The van der Waals surface area contributed by atoms with Crippen LogP contribution in [0.3, 0.4) is 0 Å². The minimum Gasteiger partial charge on any atom is -0.361 e. The molecule has 0 spiro atoms. The van der Waals surface area contributed by atoms with Crippen molar-refractivity contribution < 1.29 is 18.0 Å². The third kappa shape index (κ3) is 4.53. The maximum Gasteiger partial charge on any atom is 0.416 e. The number of halogens is 3. The highest BCUT2D eigenvalue weighted by Gasteiger charge is 2.34. The first-order valence-electron chi connectivity index (χ1n) is 9.59. The Morgan fingerprint density at radius 2 is 1.90 bits per heavy atom. The van der Waals surface area contributed by atoms with Crippen LogP contribution < -0.4 is 5.32 Å². The van der Waals surface area contributed by atoms with Crippen LogP contribution in [-0.4, -0.2) is 34.3 Å². The Bertz CT molecular complexity index is 1090. The summed E-state index contributed by atoms with van der Waals surface area (Å²) in [5.41, 5.74) is 1.70. The number of aliphatic imine (C=N–C) groups is 1. The van der Waals surface area contributed by atoms with Gasteiger partial charge in [0.2, 0.25) is 5.91 Å². The van der Waals surface area contributed by atoms with Gasteiger partial charge in [-0.15, -0.1) is 11.8 Å². The number of nitrogens with zero attached hydrogens (tertiary/aromatic N) is 1. The lowest BCUT2D eigenvalue weighted by Gasteiger charge is -2.12. The number of rotatable bonds is 6. The van der Waals surface area contributed by atoms with Crippen molar-refractivity contribution in [2.45, 2.75) is 25.1 Å². The number of aromatic nitrogens is 1. The summed E-state index contributed by atoms with van der Waals surface area (Å²) in [6.07, 6.45) is -1.69. The van der Waals surface area contributed by atoms with Crippen LogP contribution in [-0.2, 0) is 23.8 Å². The first-order chi connectivity index (χ1) is 14.4. The number of carbonyl (C=O) groups excluding carboxylic acids is 1. The standard InChI is InChI=1S/C22H20F3N3OS/c23-22(24,25)17-7-3-1-5-14(17)11-20-28-19(13-30-20)21(29)26-10-9-15-12-27-18-8-4-2-6-16(15)18/h1-8,12,19,27H,9-11,13H2,(H,26,29)/t19-/m0/s1. The Hall–Kier alpha value is -2.74. The molecule has 1 aliphatic rings. The molecule has 4 nitrogen and oxygen atoms in total. The van der Waals surface area contributed by atoms with Gasteiger partial charge in [0.05, 0.1) is 10.6 Å². The molecule has 2 heterocycles. The number of carbonyl (C=O) groups is 1. The minimum absolute atomic E-state index is 0.0828. The van der Waals surface area contributed by atoms with Gasteiger partial charge in [-0.05, 0) is 29.7 Å². The SMILES string of the molecule is O=C(NCCc1c[nH]c2ccccc12)[C@@H]1CSC(Cc2ccccc2C(F)(F)F)=N1. The molecule has 2 aromatic carbocycles. The molecule has 3 aromatic rings. The normalized spacial score (nSPS) is 16.6. The molecule has 0 radical (unpaired) electrons. The second-order valence-corrected chi connectivity index (χ2v) is 8.18. The number of benzene rings is 2. The van der Waals surface area contributed by atoms with E-state index >= 15 is 0 Å². The van der Waals surface area contributed by atoms with Crippen LogP contribution in [0.15, 0.2) is 59.7 Å². The summed E-state index contributed by atoms with van der Waals surface area (Å²) >= 11 is 1.34. The molecule has 1 aromatic heterocycles. The Kier molecular flexibility index (Phi) is 5.85. The molecule has 30 heavy (non-hydrogen) atoms. The van der Waals surface area contributed by atoms with Crippen LogP contribution in [0.1, 0.15) is 16.7 Å². The fraction of sp³-hybridized carbons (Fsp3) is 0.273. The van der Waals surface area contributed by atoms with Gasteiger partial charge in [-0.25, -0.2) is 0 Å². The number of thioether (sulfide) groups is 1. The molecule has 156 valence electrons. The van der Waals surface area contributed by atoms with E-state index < -0.39 is 17.8 Å². The highest BCUT2D eigenvalue weighted by atomic mass is 32.2. The van der Waals surface area contributed by atoms with Crippen LogP contribution in [0, 0.1) is 0 Å². The molecule has 0 saturated heterocycles. The third-order valence-corrected chi connectivity index (χ3v) is 6.11. The zero-order valence-electron chi connectivity index (χ0n) is 16.0. The van der Waals surface area contributed by atoms with Gasteiger partial charge < -0.3 is 10.3 Å². The zero-order chi connectivity index (χ0) is 21.1. The van der Waals surface area contributed by atoms with E-state index in [-0.39, 0.29) is 17.9 Å². The fourth-order valence-electron chi connectivity index (χ4n) is 3.55. The van der Waals surface area contributed by atoms with Crippen molar-refractivity contribution in [3.05, 3.63) is 71.4 Å². The number of para-hydroxylation sites is 1. The lowest BCUT2D eigenvalue weighted by atomic mass is 10.0. The van der Waals surface area contributed by atoms with Crippen molar-refractivity contribution in [2.24, 2.45) is 4.99 Å². The van der Waals surface area contributed by atoms with E-state index in [1.165, 1.54) is 23.9 Å². The Morgan fingerprint density at radius 1 is 1.13 bits per heavy atom. The Morgan fingerprint density at radius 3 is 2.73 bits per heavy atom. The molecule has 0 bridgehead atoms. The number of hydrogen-bond acceptors (Lipinski definition) is 3. The summed E-state index contributed by atoms with van der Waals surface area (Å²) in [6, 6.07) is 12.9. The number of aromatic amines is 1. The second-order valence-electron chi connectivity index (χ2n) is 7.08. The van der Waals surface area contributed by atoms with Gasteiger partial charge in [0, 0.05) is 35.8 Å². The third-order valence-electron chi connectivity index (χ3n) is 5.04. The molecule has 0 unspecified atom stereocenters. The van der Waals surface area contributed by atoms with Gasteiger partial charge in [-0.3, -0.25) is 9.79 Å². The minimum atomic E-state index is -4.40. The van der Waals surface area contributed by atoms with E-state index in [9.17, 15) is 18.0 Å². The fourth-order valence-corrected chi connectivity index (χ4v) is 4.58. The number of nitrogens with one attached hydrogen (secondary N) is 2. The van der Waals surface area contributed by atoms with E-state index in [4.69, 9.17) is 0 Å². The summed E-state index contributed by atoms with van der Waals surface area (Å²) in [7, 11) is 0. The topological polar surface area (TPSA) is 57.2 Å². The molecular formula is C22H20F3N3OS. The van der Waals surface area contributed by atoms with E-state index in [2.05, 4.69) is 15.3 Å². The van der Waals surface area contributed by atoms with Crippen LogP contribution in [0.2, 0.25) is 0 Å². The summed E-state index contributed by atoms with van der Waals surface area (Å²) < 4.78 is 39.5. The molecule has 0 aliphatic carbocycles. The van der Waals surface area contributed by atoms with E-state index in [1.54, 1.807) is 6.07 Å². The highest BCUT2D eigenvalue weighted by Crippen LogP contribution is 2.33. The first kappa shape index (κ1) is 20.5. The van der Waals surface area contributed by atoms with Crippen molar-refractivity contribution in [3.8, 4) is 0 Å². The van der Waals surface area contributed by atoms with Gasteiger partial charge in [0.25, 0.3) is 0 Å². The quantitative estimate of drug-likeness (QED) is 0.599. The predicted octanol–water partition coefficient (Wildman–Crippen LogP) is 4.60. The zero-order valence-corrected chi connectivity index (χ0v) is 16.8. The lowest BCUT2D eigenvalue weighted by Crippen LogP contribution is -2.35. The van der Waals surface area contributed by atoms with Crippen LogP contribution >= 0.6 is 11.8 Å². The lowest BCUT2D eigenvalue weighted by molar-refractivity contribution is -0.138. The number of hydrogen-bond donors (Lipinski definition) is 2. The number of fused-ring (bicyclic) bond motifs is 1. The van der Waals surface area contributed by atoms with Gasteiger partial charge >= 0.3 is 6.18 Å². The predicted molar refractivity (Wildman–Crippen MR) is 114 cm³/mol. The monoisotopic (exact) mass is 431 g/mol. The number of amides is 1. The van der Waals surface area contributed by atoms with E-state index in [0.29, 0.717) is 23.8 Å². The molecule has 1 atom stereocenters. The Labute approximate surface area is 176 Å². The highest BCUT2D eigenvalue weighted by molar-refractivity contribution is 8.14. The van der Waals surface area contributed by atoms with Crippen molar-refractivity contribution in [1.29, 1.82) is 0 Å². The number of H-pyrrole nitrogens is 1. The average molecular weight is 431 g/mol. The molecule has 0 saturated carbocycles. The second kappa shape index (κ2) is 8.55. The maximum absolute atomic E-state index is 13.2. The summed E-state index contributed by atoms with van der Waals surface area (Å²) in [6.45, 7) is 0.476. The molecule has 4 rings (SSSR count). The largest absolute Gasteiger partial charge is 0.416 e. The smallest absolute Gasteiger partial charge is 0.361 e. The number of alkyl halides is 3. The molecule has 1 aliphatic heterocycles. The molecular weight excluding hydrogens is 411 g/mol. The van der Waals surface area contributed by atoms with Crippen molar-refractivity contribution in [3.63, 3.8) is 0 Å². The summed E-state index contributed by atoms with van der Waals surface area (Å²) in [4.78, 5) is 20.0. The van der Waals surface area contributed by atoms with Gasteiger partial charge in [-0.1, -0.05) is 36.4 Å². The Balaban J connectivity index is 1.34. The molecule has 2 N–H and O–H groups in total. The van der Waals surface area contributed by atoms with Gasteiger partial charge in [0.15, 0.2) is 0 Å². The average Bonchev–Trinajstić information content (AvgIpc) is 3.35. The van der Waals surface area contributed by atoms with Crippen molar-refractivity contribution >= 4 is 33.6 Å². The van der Waals surface area contributed by atoms with Crippen molar-refractivity contribution in [2.75, 3.05) is 12.3 Å². The van der Waals surface area contributed by atoms with Crippen LogP contribution in [0.5, 0.6) is 0 Å². The summed E-state index contributed by atoms with van der Waals surface area (Å²) in [5.74, 6) is 0.254. The van der Waals surface area contributed by atoms with Crippen LogP contribution in [0.25, 0.3) is 10.9 Å². The molecule has 1 amide bonds. The van der Waals surface area contributed by atoms with Gasteiger partial charge in [-0.2, -0.15) is 13.2 Å². The van der Waals surface area contributed by atoms with Crippen molar-refractivity contribution in [1.82, 2.24) is 10.3 Å². The maximum atomic E-state index is 13.2. The van der Waals surface area contributed by atoms with E-state index in [1.807, 2.05) is 30.5 Å². The molecule has 0 fully saturated rings. The van der Waals surface area contributed by atoms with Crippen LogP contribution in [0.4, 0.5) is 13.2 Å². The first-order valence-corrected chi connectivity index (χ1v) is 10.6. The molecule has 8 heteroatoms. The van der Waals surface area contributed by atoms with E-state index in [0.717, 1.165) is 22.5 Å². The summed E-state index contributed by atoms with van der Waals surface area (Å²) in [5, 5.41) is 4.58. The van der Waals surface area contributed by atoms with Gasteiger partial charge in [0.1, 0.15) is 6.04 Å².